The van der Waals surface area contributed by atoms with Crippen molar-refractivity contribution in [2.24, 2.45) is 11.8 Å². The Hall–Kier alpha value is -3.35. The molecule has 6 N–H and O–H groups in total. The minimum Gasteiger partial charge on any atom is -0.396 e. The van der Waals surface area contributed by atoms with Gasteiger partial charge in [0.1, 0.15) is 12.2 Å². The molecule has 1 saturated heterocycles. The molecule has 11 nitrogen and oxygen atoms in total. The van der Waals surface area contributed by atoms with Gasteiger partial charge in [0.05, 0.1) is 23.9 Å². The number of amides is 3. The van der Waals surface area contributed by atoms with Crippen LogP contribution in [-0.2, 0) is 31.3 Å². The van der Waals surface area contributed by atoms with Crippen LogP contribution >= 0.6 is 0 Å². The smallest absolute Gasteiger partial charge is 0.264 e. The number of hydrogen-bond acceptors (Lipinski definition) is 8. The van der Waals surface area contributed by atoms with Crippen LogP contribution in [0.5, 0.6) is 0 Å². The first-order chi connectivity index (χ1) is 19.2. The first-order valence-electron chi connectivity index (χ1n) is 13.7. The lowest BCUT2D eigenvalue weighted by molar-refractivity contribution is -0.146. The third-order valence-electron chi connectivity index (χ3n) is 7.99. The van der Waals surface area contributed by atoms with Crippen LogP contribution < -0.4 is 15.5 Å². The number of hydrogen-bond donors (Lipinski definition) is 6. The van der Waals surface area contributed by atoms with Gasteiger partial charge in [0, 0.05) is 35.4 Å². The molecule has 0 bridgehead atoms. The molecule has 2 aliphatic rings. The molecule has 0 unspecified atom stereocenters. The standard InChI is InChI=1S/C30H39N3O8/c1-16-25(29(4,5)40)24(12-13-34)41-30(16)22-14-21(32-27(38)18(3)36)10-11-23(22)33(28(30)39)15-19-6-8-20(9-7-19)31-26(37)17(2)35/h6-11,14,16-18,24-25,34-36,40H,12-13,15H2,1-5H3,(H,31,37)(H,32,38)/t16-,17+,18+,24+,25-,30+/m1/s1. The average molecular weight is 570 g/mol. The number of ether oxygens (including phenoxy) is 1. The van der Waals surface area contributed by atoms with E-state index in [1.54, 1.807) is 61.2 Å². The van der Waals surface area contributed by atoms with Crippen LogP contribution in [0, 0.1) is 11.8 Å². The molecule has 2 aliphatic heterocycles. The van der Waals surface area contributed by atoms with Gasteiger partial charge in [-0.05, 0) is 70.0 Å². The molecule has 11 heteroatoms. The third kappa shape index (κ3) is 5.73. The summed E-state index contributed by atoms with van der Waals surface area (Å²) in [6.07, 6.45) is -2.78. The van der Waals surface area contributed by atoms with E-state index in [0.717, 1.165) is 5.56 Å². The fourth-order valence-corrected chi connectivity index (χ4v) is 6.08. The molecule has 0 aliphatic carbocycles. The lowest BCUT2D eigenvalue weighted by Crippen LogP contribution is -2.46. The van der Waals surface area contributed by atoms with Crippen molar-refractivity contribution < 1.29 is 39.5 Å². The number of rotatable bonds is 9. The molecule has 1 spiro atoms. The van der Waals surface area contributed by atoms with Gasteiger partial charge in [0.25, 0.3) is 17.7 Å². The molecule has 6 atom stereocenters. The fourth-order valence-electron chi connectivity index (χ4n) is 6.08. The van der Waals surface area contributed by atoms with Crippen molar-refractivity contribution in [3.8, 4) is 0 Å². The Morgan fingerprint density at radius 1 is 1.02 bits per heavy atom. The number of nitrogens with zero attached hydrogens (tertiary/aromatic N) is 1. The van der Waals surface area contributed by atoms with E-state index in [1.165, 1.54) is 13.8 Å². The zero-order valence-corrected chi connectivity index (χ0v) is 23.9. The summed E-state index contributed by atoms with van der Waals surface area (Å²) in [7, 11) is 0. The Kier molecular flexibility index (Phi) is 8.58. The van der Waals surface area contributed by atoms with Gasteiger partial charge >= 0.3 is 0 Å². The van der Waals surface area contributed by atoms with Crippen molar-refractivity contribution in [3.05, 3.63) is 53.6 Å². The van der Waals surface area contributed by atoms with Crippen LogP contribution in [0.15, 0.2) is 42.5 Å². The molecule has 4 rings (SSSR count). The van der Waals surface area contributed by atoms with Gasteiger partial charge in [-0.15, -0.1) is 0 Å². The fraction of sp³-hybridized carbons (Fsp3) is 0.500. The number of anilines is 3. The predicted octanol–water partition coefficient (Wildman–Crippen LogP) is 1.87. The minimum atomic E-state index is -1.49. The quantitative estimate of drug-likeness (QED) is 0.266. The van der Waals surface area contributed by atoms with E-state index in [0.29, 0.717) is 22.6 Å². The first-order valence-corrected chi connectivity index (χ1v) is 13.7. The van der Waals surface area contributed by atoms with Crippen LogP contribution in [0.3, 0.4) is 0 Å². The van der Waals surface area contributed by atoms with Crippen LogP contribution in [0.25, 0.3) is 0 Å². The molecular weight excluding hydrogens is 530 g/mol. The average Bonchev–Trinajstić information content (AvgIpc) is 3.31. The van der Waals surface area contributed by atoms with E-state index in [1.807, 2.05) is 6.92 Å². The predicted molar refractivity (Wildman–Crippen MR) is 152 cm³/mol. The summed E-state index contributed by atoms with van der Waals surface area (Å²) in [4.78, 5) is 40.1. The summed E-state index contributed by atoms with van der Waals surface area (Å²) in [5.41, 5.74) is 0.0203. The first kappa shape index (κ1) is 30.6. The van der Waals surface area contributed by atoms with Crippen molar-refractivity contribution in [2.45, 2.75) is 77.1 Å². The summed E-state index contributed by atoms with van der Waals surface area (Å²) in [6, 6.07) is 11.9. The number of carbonyl (C=O) groups is 3. The van der Waals surface area contributed by atoms with E-state index in [9.17, 15) is 34.8 Å². The Morgan fingerprint density at radius 3 is 2.12 bits per heavy atom. The number of nitrogens with one attached hydrogen (secondary N) is 2. The van der Waals surface area contributed by atoms with E-state index in [2.05, 4.69) is 10.6 Å². The molecule has 0 radical (unpaired) electrons. The zero-order chi connectivity index (χ0) is 30.3. The van der Waals surface area contributed by atoms with Gasteiger partial charge in [-0.25, -0.2) is 0 Å². The molecule has 222 valence electrons. The second-order valence-corrected chi connectivity index (χ2v) is 11.5. The van der Waals surface area contributed by atoms with Crippen molar-refractivity contribution in [3.63, 3.8) is 0 Å². The van der Waals surface area contributed by atoms with E-state index in [4.69, 9.17) is 4.74 Å². The highest BCUT2D eigenvalue weighted by Crippen LogP contribution is 2.58. The highest BCUT2D eigenvalue weighted by molar-refractivity contribution is 6.08. The molecule has 41 heavy (non-hydrogen) atoms. The van der Waals surface area contributed by atoms with Crippen molar-refractivity contribution >= 4 is 34.8 Å². The third-order valence-corrected chi connectivity index (χ3v) is 7.99. The van der Waals surface area contributed by atoms with Gasteiger partial charge in [-0.2, -0.15) is 0 Å². The lowest BCUT2D eigenvalue weighted by atomic mass is 9.71. The van der Waals surface area contributed by atoms with Gasteiger partial charge in [-0.3, -0.25) is 14.4 Å². The minimum absolute atomic E-state index is 0.172. The zero-order valence-electron chi connectivity index (χ0n) is 23.9. The molecule has 2 aromatic rings. The van der Waals surface area contributed by atoms with Crippen LogP contribution in [0.2, 0.25) is 0 Å². The highest BCUT2D eigenvalue weighted by Gasteiger charge is 2.65. The summed E-state index contributed by atoms with van der Waals surface area (Å²) in [6.45, 7) is 7.89. The number of aliphatic hydroxyl groups is 4. The highest BCUT2D eigenvalue weighted by atomic mass is 16.5. The van der Waals surface area contributed by atoms with Crippen LogP contribution in [-0.4, -0.2) is 68.7 Å². The number of aliphatic hydroxyl groups excluding tert-OH is 3. The maximum absolute atomic E-state index is 14.4. The van der Waals surface area contributed by atoms with Gasteiger partial charge < -0.3 is 40.7 Å². The van der Waals surface area contributed by atoms with E-state index >= 15 is 0 Å². The Balaban J connectivity index is 1.75. The summed E-state index contributed by atoms with van der Waals surface area (Å²) in [5.74, 6) is -2.46. The van der Waals surface area contributed by atoms with Crippen molar-refractivity contribution in [1.29, 1.82) is 0 Å². The maximum atomic E-state index is 14.4. The topological polar surface area (TPSA) is 169 Å². The molecular formula is C30H39N3O8. The molecule has 1 fully saturated rings. The van der Waals surface area contributed by atoms with Gasteiger partial charge in [0.2, 0.25) is 0 Å². The Labute approximate surface area is 239 Å². The molecule has 2 heterocycles. The van der Waals surface area contributed by atoms with Crippen molar-refractivity contribution in [2.75, 3.05) is 22.1 Å². The number of carbonyl (C=O) groups excluding carboxylic acids is 3. The van der Waals surface area contributed by atoms with Gasteiger partial charge in [-0.1, -0.05) is 19.1 Å². The van der Waals surface area contributed by atoms with E-state index < -0.39 is 53.2 Å². The van der Waals surface area contributed by atoms with Crippen LogP contribution in [0.1, 0.15) is 52.2 Å². The Morgan fingerprint density at radius 2 is 1.59 bits per heavy atom. The number of fused-ring (bicyclic) bond motifs is 2. The second kappa shape index (κ2) is 11.5. The maximum Gasteiger partial charge on any atom is 0.264 e. The van der Waals surface area contributed by atoms with E-state index in [-0.39, 0.29) is 25.5 Å². The summed E-state index contributed by atoms with van der Waals surface area (Å²) < 4.78 is 6.56. The lowest BCUT2D eigenvalue weighted by Gasteiger charge is -2.34. The SMILES string of the molecule is C[C@H](O)C(=O)Nc1ccc(CN2C(=O)[C@@]3(O[C@@H](CCO)[C@H](C(C)(C)O)[C@H]3C)c3cc(NC(=O)[C@H](C)O)ccc32)cc1. The summed E-state index contributed by atoms with van der Waals surface area (Å²) >= 11 is 0. The monoisotopic (exact) mass is 569 g/mol. The normalized spacial score (nSPS) is 25.2. The van der Waals surface area contributed by atoms with Crippen LogP contribution in [0.4, 0.5) is 17.1 Å². The molecule has 0 saturated carbocycles. The van der Waals surface area contributed by atoms with Crippen molar-refractivity contribution in [1.82, 2.24) is 0 Å². The Bertz CT molecular complexity index is 1300. The van der Waals surface area contributed by atoms with Gasteiger partial charge in [0.15, 0.2) is 5.60 Å². The molecule has 3 amide bonds. The largest absolute Gasteiger partial charge is 0.396 e. The summed E-state index contributed by atoms with van der Waals surface area (Å²) in [5, 5.41) is 45.3. The number of benzene rings is 2. The second-order valence-electron chi connectivity index (χ2n) is 11.5. The molecule has 0 aromatic heterocycles. The molecule has 2 aromatic carbocycles.